The van der Waals surface area contributed by atoms with Gasteiger partial charge in [-0.1, -0.05) is 35.9 Å². The normalized spacial score (nSPS) is 14.2. The highest BCUT2D eigenvalue weighted by atomic mass is 32.2. The standard InChI is InChI=1S/C29H25F3N4O6S/c1-17-5-8-24(42-15-18-6-7-20-14-35(10-9-19(20)12-18)43(41)16-26(37)38)21(11-17)23-3-2-4-25(34-23)36-27(29(30,31)32)22(13-33-36)28(39)40/h2-8,11-13H,9-10,14-16H2,1H3,(H,37,38)(H,39,40). The minimum Gasteiger partial charge on any atom is -0.488 e. The molecule has 5 rings (SSSR count). The molecular formula is C29H25F3N4O6S. The molecular weight excluding hydrogens is 589 g/mol. The molecule has 0 aliphatic carbocycles. The first-order valence-electron chi connectivity index (χ1n) is 13.0. The Labute approximate surface area is 245 Å². The molecule has 0 bridgehead atoms. The minimum atomic E-state index is -4.98. The maximum absolute atomic E-state index is 13.8. The molecule has 1 atom stereocenters. The van der Waals surface area contributed by atoms with Crippen LogP contribution in [0.5, 0.6) is 5.75 Å². The van der Waals surface area contributed by atoms with Gasteiger partial charge in [-0.25, -0.2) is 23.0 Å². The summed E-state index contributed by atoms with van der Waals surface area (Å²) in [4.78, 5) is 26.7. The van der Waals surface area contributed by atoms with Crippen LogP contribution in [0.25, 0.3) is 17.1 Å². The van der Waals surface area contributed by atoms with E-state index in [1.807, 2.05) is 31.2 Å². The molecule has 1 aliphatic rings. The van der Waals surface area contributed by atoms with Crippen molar-refractivity contribution in [2.75, 3.05) is 12.3 Å². The van der Waals surface area contributed by atoms with Crippen molar-refractivity contribution in [1.82, 2.24) is 19.1 Å². The van der Waals surface area contributed by atoms with Gasteiger partial charge in [0.15, 0.2) is 11.5 Å². The van der Waals surface area contributed by atoms with E-state index in [0.717, 1.165) is 22.3 Å². The lowest BCUT2D eigenvalue weighted by atomic mass is 9.98. The van der Waals surface area contributed by atoms with Crippen LogP contribution in [0.15, 0.2) is 60.8 Å². The van der Waals surface area contributed by atoms with Crippen LogP contribution in [-0.4, -0.2) is 57.7 Å². The van der Waals surface area contributed by atoms with Gasteiger partial charge in [-0.15, -0.1) is 0 Å². The molecule has 0 spiro atoms. The summed E-state index contributed by atoms with van der Waals surface area (Å²) < 4.78 is 61.9. The van der Waals surface area contributed by atoms with E-state index in [-0.39, 0.29) is 12.4 Å². The third kappa shape index (κ3) is 6.60. The van der Waals surface area contributed by atoms with Crippen molar-refractivity contribution in [2.24, 2.45) is 0 Å². The molecule has 0 radical (unpaired) electrons. The van der Waals surface area contributed by atoms with Crippen LogP contribution in [0, 0.1) is 6.92 Å². The second kappa shape index (κ2) is 12.0. The quantitative estimate of drug-likeness (QED) is 0.278. The van der Waals surface area contributed by atoms with Crippen LogP contribution in [0.4, 0.5) is 13.2 Å². The van der Waals surface area contributed by atoms with Gasteiger partial charge in [0.1, 0.15) is 34.7 Å². The van der Waals surface area contributed by atoms with Gasteiger partial charge < -0.3 is 14.9 Å². The van der Waals surface area contributed by atoms with Gasteiger partial charge in [0.05, 0.1) is 11.9 Å². The van der Waals surface area contributed by atoms with E-state index in [1.54, 1.807) is 22.5 Å². The number of carbonyl (C=O) groups is 2. The van der Waals surface area contributed by atoms with E-state index in [2.05, 4.69) is 10.1 Å². The first kappa shape index (κ1) is 29.9. The molecule has 2 N–H and O–H groups in total. The van der Waals surface area contributed by atoms with E-state index < -0.39 is 46.1 Å². The highest BCUT2D eigenvalue weighted by molar-refractivity contribution is 7.83. The number of fused-ring (bicyclic) bond motifs is 1. The first-order chi connectivity index (χ1) is 20.4. The van der Waals surface area contributed by atoms with Crippen LogP contribution >= 0.6 is 0 Å². The minimum absolute atomic E-state index is 0.178. The van der Waals surface area contributed by atoms with Crippen LogP contribution in [0.1, 0.15) is 38.3 Å². The fraction of sp³-hybridized carbons (Fsp3) is 0.241. The second-order valence-electron chi connectivity index (χ2n) is 9.87. The van der Waals surface area contributed by atoms with Gasteiger partial charge >= 0.3 is 18.1 Å². The average Bonchev–Trinajstić information content (AvgIpc) is 3.43. The Kier molecular flexibility index (Phi) is 8.33. The Morgan fingerprint density at radius 3 is 2.58 bits per heavy atom. The summed E-state index contributed by atoms with van der Waals surface area (Å²) in [7, 11) is -1.61. The molecule has 224 valence electrons. The van der Waals surface area contributed by atoms with E-state index in [4.69, 9.17) is 9.84 Å². The number of hydrogen-bond acceptors (Lipinski definition) is 6. The zero-order chi connectivity index (χ0) is 30.9. The van der Waals surface area contributed by atoms with Gasteiger partial charge in [0.25, 0.3) is 0 Å². The second-order valence-corrected chi connectivity index (χ2v) is 11.3. The van der Waals surface area contributed by atoms with Gasteiger partial charge in [0, 0.05) is 18.7 Å². The number of ether oxygens (including phenoxy) is 1. The van der Waals surface area contributed by atoms with Crippen molar-refractivity contribution < 1.29 is 41.9 Å². The van der Waals surface area contributed by atoms with Crippen LogP contribution < -0.4 is 4.74 Å². The number of alkyl halides is 3. The maximum Gasteiger partial charge on any atom is 0.434 e. The summed E-state index contributed by atoms with van der Waals surface area (Å²) >= 11 is 0. The number of pyridine rings is 1. The lowest BCUT2D eigenvalue weighted by Gasteiger charge is -2.27. The number of rotatable bonds is 9. The van der Waals surface area contributed by atoms with E-state index in [9.17, 15) is 32.1 Å². The fourth-order valence-corrected chi connectivity index (χ4v) is 5.79. The Morgan fingerprint density at radius 1 is 1.07 bits per heavy atom. The van der Waals surface area contributed by atoms with Gasteiger partial charge in [-0.3, -0.25) is 4.79 Å². The van der Waals surface area contributed by atoms with Crippen molar-refractivity contribution in [1.29, 1.82) is 0 Å². The molecule has 1 aliphatic heterocycles. The SMILES string of the molecule is Cc1ccc(OCc2ccc3c(c2)CCN(S(=O)CC(=O)O)C3)c(-c2cccc(-n3ncc(C(=O)O)c3C(F)(F)F)n2)c1. The van der Waals surface area contributed by atoms with Crippen LogP contribution in [-0.2, 0) is 41.5 Å². The van der Waals surface area contributed by atoms with Gasteiger partial charge in [0.2, 0.25) is 0 Å². The molecule has 3 heterocycles. The lowest BCUT2D eigenvalue weighted by Crippen LogP contribution is -2.35. The zero-order valence-corrected chi connectivity index (χ0v) is 23.5. The molecule has 0 saturated carbocycles. The van der Waals surface area contributed by atoms with E-state index in [0.29, 0.717) is 47.4 Å². The highest BCUT2D eigenvalue weighted by Gasteiger charge is 2.41. The number of aromatic carboxylic acids is 1. The largest absolute Gasteiger partial charge is 0.488 e. The summed E-state index contributed by atoms with van der Waals surface area (Å²) in [5, 5.41) is 21.8. The predicted octanol–water partition coefficient (Wildman–Crippen LogP) is 4.65. The zero-order valence-electron chi connectivity index (χ0n) is 22.7. The number of aliphatic carboxylic acids is 1. The number of halogens is 3. The van der Waals surface area contributed by atoms with E-state index in [1.165, 1.54) is 12.1 Å². The van der Waals surface area contributed by atoms with E-state index >= 15 is 0 Å². The van der Waals surface area contributed by atoms with Crippen molar-refractivity contribution in [3.63, 3.8) is 0 Å². The van der Waals surface area contributed by atoms with Crippen molar-refractivity contribution in [3.05, 3.63) is 94.3 Å². The third-order valence-electron chi connectivity index (χ3n) is 6.81. The number of benzene rings is 2. The molecule has 0 fully saturated rings. The maximum atomic E-state index is 13.8. The molecule has 0 saturated heterocycles. The lowest BCUT2D eigenvalue weighted by molar-refractivity contribution is -0.143. The molecule has 4 aromatic rings. The van der Waals surface area contributed by atoms with Gasteiger partial charge in [-0.2, -0.15) is 18.3 Å². The number of aromatic nitrogens is 3. The first-order valence-corrected chi connectivity index (χ1v) is 14.2. The molecule has 2 aromatic heterocycles. The fourth-order valence-electron chi connectivity index (χ4n) is 4.81. The molecule has 1 unspecified atom stereocenters. The van der Waals surface area contributed by atoms with Gasteiger partial charge in [-0.05, 0) is 54.3 Å². The molecule has 43 heavy (non-hydrogen) atoms. The monoisotopic (exact) mass is 614 g/mol. The number of hydrogen-bond donors (Lipinski definition) is 2. The Balaban J connectivity index is 1.39. The van der Waals surface area contributed by atoms with Crippen molar-refractivity contribution in [2.45, 2.75) is 32.7 Å². The Bertz CT molecular complexity index is 1740. The summed E-state index contributed by atoms with van der Waals surface area (Å²) in [5.74, 6) is -3.08. The molecule has 2 aromatic carbocycles. The average molecular weight is 615 g/mol. The third-order valence-corrected chi connectivity index (χ3v) is 8.19. The van der Waals surface area contributed by atoms with Crippen LogP contribution in [0.2, 0.25) is 0 Å². The Morgan fingerprint density at radius 2 is 1.86 bits per heavy atom. The molecule has 14 heteroatoms. The number of carboxylic acids is 2. The summed E-state index contributed by atoms with van der Waals surface area (Å²) in [5.41, 5.74) is 2.13. The summed E-state index contributed by atoms with van der Waals surface area (Å²) in [6, 6.07) is 15.5. The number of carboxylic acid groups (broad SMARTS) is 2. The summed E-state index contributed by atoms with van der Waals surface area (Å²) in [6.45, 7) is 2.86. The smallest absolute Gasteiger partial charge is 0.434 e. The predicted molar refractivity (Wildman–Crippen MR) is 149 cm³/mol. The summed E-state index contributed by atoms with van der Waals surface area (Å²) in [6.07, 6.45) is -3.74. The molecule has 0 amide bonds. The van der Waals surface area contributed by atoms with Crippen molar-refractivity contribution in [3.8, 4) is 22.8 Å². The number of aryl methyl sites for hydroxylation is 1. The van der Waals surface area contributed by atoms with Crippen molar-refractivity contribution >= 4 is 22.9 Å². The topological polar surface area (TPSA) is 135 Å². The highest BCUT2D eigenvalue weighted by Crippen LogP contribution is 2.35. The molecule has 10 nitrogen and oxygen atoms in total. The Hall–Kier alpha value is -4.56. The number of nitrogens with zero attached hydrogens (tertiary/aromatic N) is 4. The van der Waals surface area contributed by atoms with Crippen LogP contribution in [0.3, 0.4) is 0 Å².